The van der Waals surface area contributed by atoms with Gasteiger partial charge in [-0.05, 0) is 24.6 Å². The van der Waals surface area contributed by atoms with E-state index in [4.69, 9.17) is 0 Å². The topological polar surface area (TPSA) is 59.5 Å². The van der Waals surface area contributed by atoms with E-state index in [1.807, 2.05) is 59.9 Å². The summed E-state index contributed by atoms with van der Waals surface area (Å²) in [5.74, 6) is 0. The minimum Gasteiger partial charge on any atom is -0.386 e. The number of aliphatic hydroxyl groups is 1. The Balaban J connectivity index is 1.97. The fraction of sp³-hybridized carbons (Fsp3) is 0.158. The maximum absolute atomic E-state index is 13.0. The van der Waals surface area contributed by atoms with Gasteiger partial charge in [-0.3, -0.25) is 13.8 Å². The first-order valence-electron chi connectivity index (χ1n) is 7.87. The second-order valence-corrected chi connectivity index (χ2v) is 5.91. The van der Waals surface area contributed by atoms with Crippen molar-refractivity contribution in [3.8, 4) is 0 Å². The lowest BCUT2D eigenvalue weighted by Gasteiger charge is -2.23. The molecule has 2 aromatic heterocycles. The molecule has 2 unspecified atom stereocenters. The molecule has 4 aromatic rings. The second kappa shape index (κ2) is 5.62. The largest absolute Gasteiger partial charge is 0.386 e. The Morgan fingerprint density at radius 1 is 1.04 bits per heavy atom. The van der Waals surface area contributed by atoms with Crippen LogP contribution in [0.5, 0.6) is 0 Å². The van der Waals surface area contributed by atoms with E-state index in [9.17, 15) is 9.90 Å². The third-order valence-corrected chi connectivity index (χ3v) is 4.48. The summed E-state index contributed by atoms with van der Waals surface area (Å²) >= 11 is 0. The molecule has 0 spiro atoms. The van der Waals surface area contributed by atoms with Gasteiger partial charge in [0.2, 0.25) is 0 Å². The van der Waals surface area contributed by atoms with Gasteiger partial charge >= 0.3 is 0 Å². The Labute approximate surface area is 138 Å². The van der Waals surface area contributed by atoms with E-state index in [0.29, 0.717) is 11.0 Å². The molecule has 5 nitrogen and oxygen atoms in total. The van der Waals surface area contributed by atoms with Crippen LogP contribution in [0.15, 0.2) is 71.9 Å². The molecule has 0 aliphatic heterocycles. The van der Waals surface area contributed by atoms with Crippen LogP contribution < -0.4 is 5.56 Å². The minimum absolute atomic E-state index is 0.124. The number of fused-ring (bicyclic) bond motifs is 3. The molecule has 0 aliphatic carbocycles. The summed E-state index contributed by atoms with van der Waals surface area (Å²) in [5.41, 5.74) is 2.14. The van der Waals surface area contributed by atoms with Crippen LogP contribution in [0.3, 0.4) is 0 Å². The van der Waals surface area contributed by atoms with Gasteiger partial charge in [0, 0.05) is 0 Å². The summed E-state index contributed by atoms with van der Waals surface area (Å²) in [6.07, 6.45) is 2.56. The number of imidazole rings is 1. The summed E-state index contributed by atoms with van der Waals surface area (Å²) in [7, 11) is 0. The van der Waals surface area contributed by atoms with Gasteiger partial charge in [0.15, 0.2) is 0 Å². The number of aliphatic hydroxyl groups excluding tert-OH is 1. The van der Waals surface area contributed by atoms with Gasteiger partial charge in [-0.2, -0.15) is 0 Å². The molecule has 0 amide bonds. The van der Waals surface area contributed by atoms with E-state index in [1.54, 1.807) is 23.2 Å². The molecule has 2 heterocycles. The Kier molecular flexibility index (Phi) is 3.43. The number of hydrogen-bond acceptors (Lipinski definition) is 3. The summed E-state index contributed by atoms with van der Waals surface area (Å²) in [6.45, 7) is 1.85. The molecule has 1 N–H and O–H groups in total. The van der Waals surface area contributed by atoms with Crippen LogP contribution in [-0.4, -0.2) is 19.1 Å². The Hall–Kier alpha value is -2.92. The maximum Gasteiger partial charge on any atom is 0.261 e. The first kappa shape index (κ1) is 14.7. The van der Waals surface area contributed by atoms with E-state index in [0.717, 1.165) is 11.1 Å². The maximum atomic E-state index is 13.0. The molecule has 0 fully saturated rings. The average molecular weight is 319 g/mol. The molecular weight excluding hydrogens is 302 g/mol. The van der Waals surface area contributed by atoms with Crippen LogP contribution >= 0.6 is 0 Å². The molecule has 0 bridgehead atoms. The SMILES string of the molecule is CC(C(O)c1ccccc1)n1c(=O)c2ccccc2n2cncc12. The standard InChI is InChI=1S/C19H17N3O2/c1-13(18(23)14-7-3-2-4-8-14)22-17-11-20-12-21(17)16-10-6-5-9-15(16)19(22)24/h2-13,18,23H,1H3. The van der Waals surface area contributed by atoms with Crippen LogP contribution in [0.2, 0.25) is 0 Å². The van der Waals surface area contributed by atoms with E-state index in [1.165, 1.54) is 0 Å². The highest BCUT2D eigenvalue weighted by atomic mass is 16.3. The summed E-state index contributed by atoms with van der Waals surface area (Å²) < 4.78 is 3.50. The Morgan fingerprint density at radius 2 is 1.75 bits per heavy atom. The van der Waals surface area contributed by atoms with E-state index >= 15 is 0 Å². The molecule has 0 radical (unpaired) electrons. The van der Waals surface area contributed by atoms with Crippen molar-refractivity contribution in [2.24, 2.45) is 0 Å². The Bertz CT molecular complexity index is 1070. The Morgan fingerprint density at radius 3 is 2.54 bits per heavy atom. The molecule has 0 aliphatic rings. The van der Waals surface area contributed by atoms with Crippen molar-refractivity contribution >= 4 is 16.6 Å². The zero-order chi connectivity index (χ0) is 16.7. The van der Waals surface area contributed by atoms with Gasteiger partial charge < -0.3 is 5.11 Å². The lowest BCUT2D eigenvalue weighted by atomic mass is 10.0. The van der Waals surface area contributed by atoms with Crippen molar-refractivity contribution in [1.29, 1.82) is 0 Å². The molecule has 2 aromatic carbocycles. The average Bonchev–Trinajstić information content (AvgIpc) is 3.11. The second-order valence-electron chi connectivity index (χ2n) is 5.91. The molecule has 0 saturated heterocycles. The zero-order valence-corrected chi connectivity index (χ0v) is 13.2. The van der Waals surface area contributed by atoms with Crippen LogP contribution in [0.25, 0.3) is 16.6 Å². The highest BCUT2D eigenvalue weighted by Gasteiger charge is 2.22. The van der Waals surface area contributed by atoms with Crippen molar-refractivity contribution < 1.29 is 5.11 Å². The molecular formula is C19H17N3O2. The number of hydrogen-bond donors (Lipinski definition) is 1. The summed E-state index contributed by atoms with van der Waals surface area (Å²) in [5, 5.41) is 11.4. The van der Waals surface area contributed by atoms with E-state index in [-0.39, 0.29) is 5.56 Å². The van der Waals surface area contributed by atoms with Gasteiger partial charge in [-0.15, -0.1) is 0 Å². The van der Waals surface area contributed by atoms with Gasteiger partial charge in [-0.25, -0.2) is 4.98 Å². The summed E-state index contributed by atoms with van der Waals surface area (Å²) in [6, 6.07) is 16.4. The van der Waals surface area contributed by atoms with Crippen LogP contribution in [0, 0.1) is 0 Å². The van der Waals surface area contributed by atoms with Crippen LogP contribution in [0.4, 0.5) is 0 Å². The number of nitrogens with zero attached hydrogens (tertiary/aromatic N) is 3. The number of benzene rings is 2. The highest BCUT2D eigenvalue weighted by molar-refractivity contribution is 5.80. The van der Waals surface area contributed by atoms with Crippen LogP contribution in [-0.2, 0) is 0 Å². The first-order chi connectivity index (χ1) is 11.7. The smallest absolute Gasteiger partial charge is 0.261 e. The zero-order valence-electron chi connectivity index (χ0n) is 13.2. The van der Waals surface area contributed by atoms with E-state index in [2.05, 4.69) is 4.98 Å². The quantitative estimate of drug-likeness (QED) is 0.631. The monoisotopic (exact) mass is 319 g/mol. The van der Waals surface area contributed by atoms with Gasteiger partial charge in [0.05, 0.1) is 29.2 Å². The lowest BCUT2D eigenvalue weighted by Crippen LogP contribution is -2.28. The van der Waals surface area contributed by atoms with Crippen molar-refractivity contribution in [3.63, 3.8) is 0 Å². The van der Waals surface area contributed by atoms with Crippen LogP contribution in [0.1, 0.15) is 24.6 Å². The molecule has 4 rings (SSSR count). The van der Waals surface area contributed by atoms with Crippen molar-refractivity contribution in [2.75, 3.05) is 0 Å². The van der Waals surface area contributed by atoms with Gasteiger partial charge in [0.1, 0.15) is 12.0 Å². The van der Waals surface area contributed by atoms with Gasteiger partial charge in [-0.1, -0.05) is 42.5 Å². The fourth-order valence-corrected chi connectivity index (χ4v) is 3.21. The third kappa shape index (κ3) is 2.13. The van der Waals surface area contributed by atoms with Crippen molar-refractivity contribution in [2.45, 2.75) is 19.1 Å². The van der Waals surface area contributed by atoms with Gasteiger partial charge in [0.25, 0.3) is 5.56 Å². The molecule has 120 valence electrons. The normalized spacial score (nSPS) is 14.1. The third-order valence-electron chi connectivity index (χ3n) is 4.48. The predicted octanol–water partition coefficient (Wildman–Crippen LogP) is 2.94. The number of rotatable bonds is 3. The number of aromatic nitrogens is 3. The molecule has 5 heteroatoms. The highest BCUT2D eigenvalue weighted by Crippen LogP contribution is 2.27. The molecule has 0 saturated carbocycles. The summed E-state index contributed by atoms with van der Waals surface area (Å²) in [4.78, 5) is 17.2. The molecule has 24 heavy (non-hydrogen) atoms. The number of para-hydroxylation sites is 1. The van der Waals surface area contributed by atoms with Crippen molar-refractivity contribution in [3.05, 3.63) is 83.0 Å². The minimum atomic E-state index is -0.788. The van der Waals surface area contributed by atoms with Crippen molar-refractivity contribution in [1.82, 2.24) is 14.0 Å². The predicted molar refractivity (Wildman–Crippen MR) is 93.1 cm³/mol. The molecule has 2 atom stereocenters. The van der Waals surface area contributed by atoms with E-state index < -0.39 is 12.1 Å². The lowest BCUT2D eigenvalue weighted by molar-refractivity contribution is 0.122. The first-order valence-corrected chi connectivity index (χ1v) is 7.87. The fourth-order valence-electron chi connectivity index (χ4n) is 3.21.